The van der Waals surface area contributed by atoms with Crippen LogP contribution in [-0.4, -0.2) is 20.0 Å². The summed E-state index contributed by atoms with van der Waals surface area (Å²) in [5, 5.41) is 13.5. The molecule has 2 atom stereocenters. The van der Waals surface area contributed by atoms with Crippen LogP contribution < -0.4 is 0 Å². The zero-order chi connectivity index (χ0) is 13.3. The van der Waals surface area contributed by atoms with E-state index in [2.05, 4.69) is 21.4 Å². The molecule has 5 rings (SSSR count). The summed E-state index contributed by atoms with van der Waals surface area (Å²) in [6, 6.07) is 2.30. The highest BCUT2D eigenvalue weighted by molar-refractivity contribution is 5.64. The van der Waals surface area contributed by atoms with Crippen molar-refractivity contribution in [3.05, 3.63) is 29.2 Å². The standard InChI is InChI=1S/C16H18N4/c1-20-16(9-2-3-9)13(8-17-20)14-7-12-10-4-5-11(6-10)15(12)19-18-14/h7-11H,2-6H2,1H3. The molecule has 0 saturated heterocycles. The van der Waals surface area contributed by atoms with Gasteiger partial charge in [-0.1, -0.05) is 0 Å². The molecule has 0 aromatic carbocycles. The van der Waals surface area contributed by atoms with E-state index in [1.165, 1.54) is 54.6 Å². The molecule has 0 aliphatic heterocycles. The number of hydrogen-bond donors (Lipinski definition) is 0. The third-order valence-electron chi connectivity index (χ3n) is 5.34. The SMILES string of the molecule is Cn1ncc(-c2cc3c(nn2)C2CCC3C2)c1C1CC1. The van der Waals surface area contributed by atoms with Crippen LogP contribution in [0.1, 0.15) is 66.8 Å². The normalized spacial score (nSPS) is 27.1. The van der Waals surface area contributed by atoms with E-state index < -0.39 is 0 Å². The first-order valence-corrected chi connectivity index (χ1v) is 7.71. The Morgan fingerprint density at radius 2 is 1.85 bits per heavy atom. The van der Waals surface area contributed by atoms with Crippen LogP contribution in [0.15, 0.2) is 12.3 Å². The molecule has 2 aromatic heterocycles. The highest BCUT2D eigenvalue weighted by Gasteiger charge is 2.39. The zero-order valence-corrected chi connectivity index (χ0v) is 11.7. The van der Waals surface area contributed by atoms with E-state index in [1.54, 1.807) is 0 Å². The molecule has 2 unspecified atom stereocenters. The predicted octanol–water partition coefficient (Wildman–Crippen LogP) is 3.12. The maximum absolute atomic E-state index is 4.56. The summed E-state index contributed by atoms with van der Waals surface area (Å²) in [6.45, 7) is 0. The number of hydrogen-bond acceptors (Lipinski definition) is 3. The summed E-state index contributed by atoms with van der Waals surface area (Å²) < 4.78 is 2.02. The van der Waals surface area contributed by atoms with Crippen molar-refractivity contribution in [1.29, 1.82) is 0 Å². The van der Waals surface area contributed by atoms with Crippen LogP contribution in [0.25, 0.3) is 11.3 Å². The van der Waals surface area contributed by atoms with Crippen molar-refractivity contribution in [3.8, 4) is 11.3 Å². The Labute approximate surface area is 118 Å². The lowest BCUT2D eigenvalue weighted by Crippen LogP contribution is -2.04. The van der Waals surface area contributed by atoms with Gasteiger partial charge in [-0.25, -0.2) is 0 Å². The first kappa shape index (κ1) is 11.0. The van der Waals surface area contributed by atoms with Crippen LogP contribution in [0.4, 0.5) is 0 Å². The molecule has 2 fully saturated rings. The third-order valence-corrected chi connectivity index (χ3v) is 5.34. The van der Waals surface area contributed by atoms with Crippen molar-refractivity contribution in [3.63, 3.8) is 0 Å². The Bertz CT molecular complexity index is 698. The van der Waals surface area contributed by atoms with Crippen LogP contribution >= 0.6 is 0 Å². The van der Waals surface area contributed by atoms with Gasteiger partial charge in [0.25, 0.3) is 0 Å². The highest BCUT2D eigenvalue weighted by Crippen LogP contribution is 2.52. The van der Waals surface area contributed by atoms with Gasteiger partial charge in [-0.05, 0) is 49.7 Å². The monoisotopic (exact) mass is 266 g/mol. The van der Waals surface area contributed by atoms with Gasteiger partial charge in [0, 0.05) is 24.4 Å². The summed E-state index contributed by atoms with van der Waals surface area (Å²) in [4.78, 5) is 0. The third kappa shape index (κ3) is 1.39. The maximum atomic E-state index is 4.56. The summed E-state index contributed by atoms with van der Waals surface area (Å²) in [5.74, 6) is 2.11. The van der Waals surface area contributed by atoms with Gasteiger partial charge in [0.1, 0.15) is 0 Å². The molecule has 2 aromatic rings. The molecule has 0 amide bonds. The molecule has 3 aliphatic carbocycles. The van der Waals surface area contributed by atoms with Crippen LogP contribution in [0.3, 0.4) is 0 Å². The second kappa shape index (κ2) is 3.68. The van der Waals surface area contributed by atoms with Crippen molar-refractivity contribution in [1.82, 2.24) is 20.0 Å². The van der Waals surface area contributed by atoms with Crippen molar-refractivity contribution in [2.45, 2.75) is 49.9 Å². The van der Waals surface area contributed by atoms with E-state index in [1.807, 2.05) is 17.9 Å². The number of aromatic nitrogens is 4. The Morgan fingerprint density at radius 3 is 2.70 bits per heavy atom. The van der Waals surface area contributed by atoms with Crippen molar-refractivity contribution < 1.29 is 0 Å². The minimum atomic E-state index is 0.684. The zero-order valence-electron chi connectivity index (χ0n) is 11.7. The molecule has 0 radical (unpaired) electrons. The molecular weight excluding hydrogens is 248 g/mol. The van der Waals surface area contributed by atoms with E-state index in [0.717, 1.165) is 11.6 Å². The van der Waals surface area contributed by atoms with Crippen molar-refractivity contribution in [2.75, 3.05) is 0 Å². The Kier molecular flexibility index (Phi) is 2.03. The molecule has 4 heteroatoms. The van der Waals surface area contributed by atoms with E-state index in [9.17, 15) is 0 Å². The van der Waals surface area contributed by atoms with E-state index in [-0.39, 0.29) is 0 Å². The maximum Gasteiger partial charge on any atom is 0.0967 e. The van der Waals surface area contributed by atoms with Gasteiger partial charge in [0.15, 0.2) is 0 Å². The first-order valence-electron chi connectivity index (χ1n) is 7.71. The van der Waals surface area contributed by atoms with Gasteiger partial charge < -0.3 is 0 Å². The van der Waals surface area contributed by atoms with Crippen LogP contribution in [0.2, 0.25) is 0 Å². The number of rotatable bonds is 2. The first-order chi connectivity index (χ1) is 9.81. The van der Waals surface area contributed by atoms with Crippen LogP contribution in [0, 0.1) is 0 Å². The Hall–Kier alpha value is -1.71. The average molecular weight is 266 g/mol. The van der Waals surface area contributed by atoms with Gasteiger partial charge in [0.2, 0.25) is 0 Å². The summed E-state index contributed by atoms with van der Waals surface area (Å²) in [6.07, 6.45) is 8.50. The molecule has 20 heavy (non-hydrogen) atoms. The van der Waals surface area contributed by atoms with Gasteiger partial charge in [0.05, 0.1) is 23.3 Å². The van der Waals surface area contributed by atoms with Crippen LogP contribution in [-0.2, 0) is 7.05 Å². The minimum Gasteiger partial charge on any atom is -0.272 e. The van der Waals surface area contributed by atoms with E-state index >= 15 is 0 Å². The molecule has 2 bridgehead atoms. The second-order valence-electron chi connectivity index (χ2n) is 6.62. The molecule has 3 aliphatic rings. The Balaban J connectivity index is 1.64. The smallest absolute Gasteiger partial charge is 0.0967 e. The molecular formula is C16H18N4. The largest absolute Gasteiger partial charge is 0.272 e. The number of nitrogens with zero attached hydrogens (tertiary/aromatic N) is 4. The van der Waals surface area contributed by atoms with E-state index in [0.29, 0.717) is 11.8 Å². The fourth-order valence-electron chi connectivity index (χ4n) is 4.19. The van der Waals surface area contributed by atoms with Gasteiger partial charge >= 0.3 is 0 Å². The summed E-state index contributed by atoms with van der Waals surface area (Å²) >= 11 is 0. The average Bonchev–Trinajstić information content (AvgIpc) is 2.94. The number of aryl methyl sites for hydroxylation is 1. The lowest BCUT2D eigenvalue weighted by molar-refractivity contribution is 0.681. The van der Waals surface area contributed by atoms with Crippen molar-refractivity contribution >= 4 is 0 Å². The molecule has 0 spiro atoms. The fourth-order valence-corrected chi connectivity index (χ4v) is 4.19. The van der Waals surface area contributed by atoms with Gasteiger partial charge in [-0.2, -0.15) is 15.3 Å². The Morgan fingerprint density at radius 1 is 1.05 bits per heavy atom. The predicted molar refractivity (Wildman–Crippen MR) is 75.5 cm³/mol. The molecule has 2 saturated carbocycles. The summed E-state index contributed by atoms with van der Waals surface area (Å²) in [5.41, 5.74) is 6.33. The van der Waals surface area contributed by atoms with Gasteiger partial charge in [-0.3, -0.25) is 4.68 Å². The lowest BCUT2D eigenvalue weighted by atomic mass is 9.95. The minimum absolute atomic E-state index is 0.684. The fraction of sp³-hybridized carbons (Fsp3) is 0.562. The molecule has 2 heterocycles. The molecule has 4 nitrogen and oxygen atoms in total. The quantitative estimate of drug-likeness (QED) is 0.838. The van der Waals surface area contributed by atoms with Crippen molar-refractivity contribution in [2.24, 2.45) is 7.05 Å². The molecule has 0 N–H and O–H groups in total. The topological polar surface area (TPSA) is 43.6 Å². The van der Waals surface area contributed by atoms with Crippen LogP contribution in [0.5, 0.6) is 0 Å². The van der Waals surface area contributed by atoms with Gasteiger partial charge in [-0.15, -0.1) is 0 Å². The van der Waals surface area contributed by atoms with E-state index in [4.69, 9.17) is 0 Å². The summed E-state index contributed by atoms with van der Waals surface area (Å²) in [7, 11) is 2.04. The second-order valence-corrected chi connectivity index (χ2v) is 6.62. The molecule has 102 valence electrons. The lowest BCUT2D eigenvalue weighted by Gasteiger charge is -2.14. The highest BCUT2D eigenvalue weighted by atomic mass is 15.3. The number of fused-ring (bicyclic) bond motifs is 5.